The molecule has 0 spiro atoms. The summed E-state index contributed by atoms with van der Waals surface area (Å²) >= 11 is 0. The zero-order valence-electron chi connectivity index (χ0n) is 16.1. The highest BCUT2D eigenvalue weighted by Crippen LogP contribution is 2.11. The average molecular weight is 368 g/mol. The van der Waals surface area contributed by atoms with E-state index in [0.29, 0.717) is 24.2 Å². The summed E-state index contributed by atoms with van der Waals surface area (Å²) in [6.07, 6.45) is 3.90. The van der Waals surface area contributed by atoms with Gasteiger partial charge in [0.15, 0.2) is 0 Å². The molecule has 2 rings (SSSR count). The van der Waals surface area contributed by atoms with Crippen molar-refractivity contribution in [1.82, 2.24) is 10.6 Å². The largest absolute Gasteiger partial charge is 0.497 e. The lowest BCUT2D eigenvalue weighted by Gasteiger charge is -2.08. The summed E-state index contributed by atoms with van der Waals surface area (Å²) in [4.78, 5) is 24.5. The number of benzene rings is 2. The van der Waals surface area contributed by atoms with Crippen LogP contribution in [0, 0.1) is 0 Å². The second kappa shape index (κ2) is 11.0. The number of carbonyl (C=O) groups excluding carboxylic acids is 2. The van der Waals surface area contributed by atoms with Gasteiger partial charge in [-0.2, -0.15) is 0 Å². The van der Waals surface area contributed by atoms with Crippen molar-refractivity contribution in [3.8, 4) is 5.75 Å². The smallest absolute Gasteiger partial charge is 0.251 e. The van der Waals surface area contributed by atoms with Crippen molar-refractivity contribution in [2.24, 2.45) is 0 Å². The van der Waals surface area contributed by atoms with E-state index in [2.05, 4.69) is 17.6 Å². The van der Waals surface area contributed by atoms with Gasteiger partial charge in [-0.3, -0.25) is 9.59 Å². The molecule has 0 fully saturated rings. The van der Waals surface area contributed by atoms with Gasteiger partial charge in [0.25, 0.3) is 11.8 Å². The minimum absolute atomic E-state index is 0.140. The molecule has 0 radical (unpaired) electrons. The van der Waals surface area contributed by atoms with Gasteiger partial charge in [0.2, 0.25) is 0 Å². The maximum atomic E-state index is 12.3. The molecule has 0 aliphatic carbocycles. The Morgan fingerprint density at radius 3 is 2.11 bits per heavy atom. The molecule has 2 aromatic carbocycles. The molecule has 0 aliphatic heterocycles. The summed E-state index contributed by atoms with van der Waals surface area (Å²) in [5.74, 6) is 0.496. The third-order valence-electron chi connectivity index (χ3n) is 4.31. The quantitative estimate of drug-likeness (QED) is 0.630. The predicted molar refractivity (Wildman–Crippen MR) is 107 cm³/mol. The van der Waals surface area contributed by atoms with E-state index in [4.69, 9.17) is 4.74 Å². The van der Waals surface area contributed by atoms with E-state index >= 15 is 0 Å². The molecule has 0 aliphatic rings. The number of hydrogen-bond acceptors (Lipinski definition) is 3. The van der Waals surface area contributed by atoms with Crippen molar-refractivity contribution in [2.45, 2.75) is 32.6 Å². The topological polar surface area (TPSA) is 67.4 Å². The average Bonchev–Trinajstić information content (AvgIpc) is 2.71. The molecule has 0 saturated carbocycles. The van der Waals surface area contributed by atoms with Crippen molar-refractivity contribution in [3.63, 3.8) is 0 Å². The molecule has 5 heteroatoms. The molecule has 0 heterocycles. The highest BCUT2D eigenvalue weighted by Gasteiger charge is 2.10. The van der Waals surface area contributed by atoms with Gasteiger partial charge in [-0.25, -0.2) is 0 Å². The molecular weight excluding hydrogens is 340 g/mol. The summed E-state index contributed by atoms with van der Waals surface area (Å²) in [5.41, 5.74) is 2.12. The van der Waals surface area contributed by atoms with Crippen LogP contribution in [0.25, 0.3) is 0 Å². The standard InChI is InChI=1S/C22H28N2O3/c1-3-4-5-14-23-21(25)18-7-6-8-19(16-18)22(26)24-15-13-17-9-11-20(27-2)12-10-17/h6-12,16H,3-5,13-15H2,1-2H3,(H,23,25)(H,24,26). The Balaban J connectivity index is 1.83. The Hall–Kier alpha value is -2.82. The van der Waals surface area contributed by atoms with E-state index in [1.807, 2.05) is 24.3 Å². The minimum Gasteiger partial charge on any atom is -0.497 e. The van der Waals surface area contributed by atoms with Crippen LogP contribution in [0.4, 0.5) is 0 Å². The van der Waals surface area contributed by atoms with Gasteiger partial charge in [-0.1, -0.05) is 38.0 Å². The summed E-state index contributed by atoms with van der Waals surface area (Å²) in [5, 5.41) is 5.79. The first-order chi connectivity index (χ1) is 13.1. The maximum Gasteiger partial charge on any atom is 0.251 e. The van der Waals surface area contributed by atoms with Crippen LogP contribution >= 0.6 is 0 Å². The van der Waals surface area contributed by atoms with Gasteiger partial charge in [0.05, 0.1) is 7.11 Å². The van der Waals surface area contributed by atoms with Crippen LogP contribution < -0.4 is 15.4 Å². The molecule has 0 atom stereocenters. The Kier molecular flexibility index (Phi) is 8.36. The number of unbranched alkanes of at least 4 members (excludes halogenated alkanes) is 2. The SMILES string of the molecule is CCCCCNC(=O)c1cccc(C(=O)NCCc2ccc(OC)cc2)c1. The minimum atomic E-state index is -0.177. The van der Waals surface area contributed by atoms with Crippen LogP contribution in [-0.2, 0) is 6.42 Å². The zero-order valence-corrected chi connectivity index (χ0v) is 16.1. The monoisotopic (exact) mass is 368 g/mol. The molecule has 2 N–H and O–H groups in total. The molecule has 2 amide bonds. The number of carbonyl (C=O) groups is 2. The molecule has 0 aromatic heterocycles. The Morgan fingerprint density at radius 1 is 0.889 bits per heavy atom. The molecule has 5 nitrogen and oxygen atoms in total. The number of methoxy groups -OCH3 is 1. The van der Waals surface area contributed by atoms with Crippen molar-refractivity contribution >= 4 is 11.8 Å². The van der Waals surface area contributed by atoms with Crippen LogP contribution in [0.1, 0.15) is 52.5 Å². The van der Waals surface area contributed by atoms with E-state index in [-0.39, 0.29) is 11.8 Å². The first-order valence-corrected chi connectivity index (χ1v) is 9.43. The summed E-state index contributed by atoms with van der Waals surface area (Å²) in [6, 6.07) is 14.6. The lowest BCUT2D eigenvalue weighted by molar-refractivity contribution is 0.0952. The number of hydrogen-bond donors (Lipinski definition) is 2. The fourth-order valence-electron chi connectivity index (χ4n) is 2.70. The number of nitrogens with one attached hydrogen (secondary N) is 2. The molecule has 0 saturated heterocycles. The number of ether oxygens (including phenoxy) is 1. The normalized spacial score (nSPS) is 10.3. The van der Waals surface area contributed by atoms with Gasteiger partial charge in [0.1, 0.15) is 5.75 Å². The summed E-state index contributed by atoms with van der Waals surface area (Å²) in [6.45, 7) is 3.31. The van der Waals surface area contributed by atoms with E-state index < -0.39 is 0 Å². The molecule has 144 valence electrons. The molecule has 0 unspecified atom stereocenters. The van der Waals surface area contributed by atoms with E-state index in [1.165, 1.54) is 0 Å². The first-order valence-electron chi connectivity index (χ1n) is 9.43. The zero-order chi connectivity index (χ0) is 19.5. The second-order valence-electron chi connectivity index (χ2n) is 6.40. The van der Waals surface area contributed by atoms with Crippen molar-refractivity contribution < 1.29 is 14.3 Å². The third kappa shape index (κ3) is 6.77. The van der Waals surface area contributed by atoms with Gasteiger partial charge < -0.3 is 15.4 Å². The van der Waals surface area contributed by atoms with Crippen LogP contribution in [0.3, 0.4) is 0 Å². The van der Waals surface area contributed by atoms with Crippen LogP contribution in [0.2, 0.25) is 0 Å². The maximum absolute atomic E-state index is 12.3. The third-order valence-corrected chi connectivity index (χ3v) is 4.31. The predicted octanol–water partition coefficient (Wildman–Crippen LogP) is 3.59. The molecule has 27 heavy (non-hydrogen) atoms. The lowest BCUT2D eigenvalue weighted by atomic mass is 10.1. The first kappa shape index (κ1) is 20.5. The van der Waals surface area contributed by atoms with Crippen molar-refractivity contribution in [2.75, 3.05) is 20.2 Å². The highest BCUT2D eigenvalue weighted by atomic mass is 16.5. The summed E-state index contributed by atoms with van der Waals surface area (Å²) < 4.78 is 5.13. The van der Waals surface area contributed by atoms with Crippen molar-refractivity contribution in [3.05, 3.63) is 65.2 Å². The number of amides is 2. The van der Waals surface area contributed by atoms with E-state index in [1.54, 1.807) is 31.4 Å². The van der Waals surface area contributed by atoms with Crippen LogP contribution in [0.5, 0.6) is 5.75 Å². The summed E-state index contributed by atoms with van der Waals surface area (Å²) in [7, 11) is 1.63. The number of rotatable bonds is 10. The van der Waals surface area contributed by atoms with E-state index in [9.17, 15) is 9.59 Å². The van der Waals surface area contributed by atoms with Gasteiger partial charge in [-0.15, -0.1) is 0 Å². The Morgan fingerprint density at radius 2 is 1.52 bits per heavy atom. The Labute approximate surface area is 161 Å². The van der Waals surface area contributed by atoms with Crippen LogP contribution in [-0.4, -0.2) is 32.0 Å². The molecular formula is C22H28N2O3. The fraction of sp³-hybridized carbons (Fsp3) is 0.364. The lowest BCUT2D eigenvalue weighted by Crippen LogP contribution is -2.27. The molecule has 0 bridgehead atoms. The fourth-order valence-corrected chi connectivity index (χ4v) is 2.70. The highest BCUT2D eigenvalue weighted by molar-refractivity contribution is 5.99. The van der Waals surface area contributed by atoms with Crippen molar-refractivity contribution in [1.29, 1.82) is 0 Å². The van der Waals surface area contributed by atoms with Gasteiger partial charge in [0, 0.05) is 24.2 Å². The van der Waals surface area contributed by atoms with Gasteiger partial charge >= 0.3 is 0 Å². The van der Waals surface area contributed by atoms with Crippen LogP contribution in [0.15, 0.2) is 48.5 Å². The second-order valence-corrected chi connectivity index (χ2v) is 6.40. The Bertz CT molecular complexity index is 741. The van der Waals surface area contributed by atoms with E-state index in [0.717, 1.165) is 37.0 Å². The molecule has 2 aromatic rings. The van der Waals surface area contributed by atoms with Gasteiger partial charge in [-0.05, 0) is 48.7 Å².